The zero-order valence-electron chi connectivity index (χ0n) is 17.1. The van der Waals surface area contributed by atoms with Gasteiger partial charge in [0, 0.05) is 23.7 Å². The van der Waals surface area contributed by atoms with Gasteiger partial charge in [0.2, 0.25) is 11.8 Å². The van der Waals surface area contributed by atoms with Crippen LogP contribution in [0.2, 0.25) is 0 Å². The van der Waals surface area contributed by atoms with Crippen LogP contribution >= 0.6 is 23.1 Å². The fourth-order valence-electron chi connectivity index (χ4n) is 2.62. The number of hydrogen-bond donors (Lipinski definition) is 2. The first-order valence-corrected chi connectivity index (χ1v) is 11.2. The number of nitrogens with one attached hydrogen (secondary N) is 2. The highest BCUT2D eigenvalue weighted by atomic mass is 32.2. The number of aryl methyl sites for hydroxylation is 1. The van der Waals surface area contributed by atoms with Gasteiger partial charge >= 0.3 is 0 Å². The molecule has 0 aliphatic heterocycles. The number of amides is 2. The normalized spacial score (nSPS) is 10.5. The van der Waals surface area contributed by atoms with Crippen molar-refractivity contribution < 1.29 is 14.3 Å². The van der Waals surface area contributed by atoms with Crippen molar-refractivity contribution in [3.8, 4) is 5.75 Å². The standard InChI is InChI=1S/C20H22N6O3S2/c1-4-8-26-16(10-17(27)22-14-6-5-7-15(9-14)29-3)24-25-20(26)31-12-18(28)23-19-21-13(2)11-30-19/h4-7,9,11H,1,8,10,12H2,2-3H3,(H,22,27)(H,21,23,28). The molecule has 162 valence electrons. The van der Waals surface area contributed by atoms with E-state index in [0.29, 0.717) is 34.1 Å². The van der Waals surface area contributed by atoms with Crippen LogP contribution in [-0.4, -0.2) is 44.4 Å². The molecule has 2 amide bonds. The fourth-order valence-corrected chi connectivity index (χ4v) is 4.09. The molecule has 0 radical (unpaired) electrons. The summed E-state index contributed by atoms with van der Waals surface area (Å²) >= 11 is 2.61. The number of anilines is 2. The third-order valence-electron chi connectivity index (χ3n) is 3.98. The number of rotatable bonds is 10. The lowest BCUT2D eigenvalue weighted by Gasteiger charge is -2.09. The topological polar surface area (TPSA) is 111 Å². The Bertz CT molecular complexity index is 1080. The summed E-state index contributed by atoms with van der Waals surface area (Å²) in [7, 11) is 1.57. The van der Waals surface area contributed by atoms with Crippen LogP contribution in [0.25, 0.3) is 0 Å². The molecule has 0 saturated heterocycles. The maximum absolute atomic E-state index is 12.5. The number of aromatic nitrogens is 4. The Labute approximate surface area is 187 Å². The third kappa shape index (κ3) is 6.40. The van der Waals surface area contributed by atoms with Gasteiger partial charge in [0.25, 0.3) is 0 Å². The van der Waals surface area contributed by atoms with E-state index in [4.69, 9.17) is 4.74 Å². The number of carbonyl (C=O) groups is 2. The van der Waals surface area contributed by atoms with Crippen molar-refractivity contribution >= 4 is 45.7 Å². The number of ether oxygens (including phenoxy) is 1. The summed E-state index contributed by atoms with van der Waals surface area (Å²) in [5.41, 5.74) is 1.48. The van der Waals surface area contributed by atoms with Crippen molar-refractivity contribution in [1.82, 2.24) is 19.7 Å². The van der Waals surface area contributed by atoms with Gasteiger partial charge in [-0.25, -0.2) is 4.98 Å². The van der Waals surface area contributed by atoms with E-state index in [1.165, 1.54) is 23.1 Å². The molecule has 0 spiro atoms. The Hall–Kier alpha value is -3.18. The summed E-state index contributed by atoms with van der Waals surface area (Å²) in [6.07, 6.45) is 1.72. The van der Waals surface area contributed by atoms with E-state index in [0.717, 1.165) is 5.69 Å². The Balaban J connectivity index is 1.61. The van der Waals surface area contributed by atoms with Gasteiger partial charge in [-0.05, 0) is 19.1 Å². The van der Waals surface area contributed by atoms with Crippen molar-refractivity contribution in [3.05, 3.63) is 53.8 Å². The van der Waals surface area contributed by atoms with E-state index in [1.807, 2.05) is 12.3 Å². The second-order valence-corrected chi connectivity index (χ2v) is 8.19. The van der Waals surface area contributed by atoms with Crippen LogP contribution in [0.4, 0.5) is 10.8 Å². The summed E-state index contributed by atoms with van der Waals surface area (Å²) in [6.45, 7) is 6.04. The molecular formula is C20H22N6O3S2. The molecule has 2 N–H and O–H groups in total. The van der Waals surface area contributed by atoms with E-state index in [9.17, 15) is 9.59 Å². The zero-order chi connectivity index (χ0) is 22.2. The molecule has 0 fully saturated rings. The number of benzene rings is 1. The van der Waals surface area contributed by atoms with Crippen molar-refractivity contribution in [2.45, 2.75) is 25.0 Å². The molecule has 0 unspecified atom stereocenters. The highest BCUT2D eigenvalue weighted by Crippen LogP contribution is 2.20. The van der Waals surface area contributed by atoms with Crippen LogP contribution < -0.4 is 15.4 Å². The minimum absolute atomic E-state index is 0.0310. The van der Waals surface area contributed by atoms with Gasteiger partial charge in [-0.2, -0.15) is 0 Å². The molecule has 0 atom stereocenters. The Kier molecular flexibility index (Phi) is 7.79. The van der Waals surface area contributed by atoms with Gasteiger partial charge in [0.05, 0.1) is 25.0 Å². The van der Waals surface area contributed by atoms with Crippen LogP contribution in [-0.2, 0) is 22.6 Å². The van der Waals surface area contributed by atoms with Crippen molar-refractivity contribution in [2.75, 3.05) is 23.5 Å². The molecule has 3 aromatic rings. The van der Waals surface area contributed by atoms with Gasteiger partial charge in [0.1, 0.15) is 11.6 Å². The fraction of sp³-hybridized carbons (Fsp3) is 0.250. The molecule has 0 bridgehead atoms. The highest BCUT2D eigenvalue weighted by Gasteiger charge is 2.17. The molecule has 3 rings (SSSR count). The lowest BCUT2D eigenvalue weighted by molar-refractivity contribution is -0.116. The Morgan fingerprint density at radius 3 is 2.84 bits per heavy atom. The number of thiazole rings is 1. The molecule has 31 heavy (non-hydrogen) atoms. The molecule has 1 aromatic carbocycles. The average Bonchev–Trinajstić information content (AvgIpc) is 3.32. The molecular weight excluding hydrogens is 436 g/mol. The van der Waals surface area contributed by atoms with Crippen LogP contribution in [0.3, 0.4) is 0 Å². The minimum atomic E-state index is -0.237. The Morgan fingerprint density at radius 2 is 2.13 bits per heavy atom. The molecule has 0 saturated carbocycles. The second-order valence-electron chi connectivity index (χ2n) is 6.39. The second kappa shape index (κ2) is 10.7. The van der Waals surface area contributed by atoms with Gasteiger partial charge in [0.15, 0.2) is 10.3 Å². The Morgan fingerprint density at radius 1 is 1.29 bits per heavy atom. The number of hydrogen-bond acceptors (Lipinski definition) is 8. The maximum atomic E-state index is 12.5. The molecule has 2 heterocycles. The predicted molar refractivity (Wildman–Crippen MR) is 122 cm³/mol. The zero-order valence-corrected chi connectivity index (χ0v) is 18.8. The van der Waals surface area contributed by atoms with Crippen molar-refractivity contribution in [3.63, 3.8) is 0 Å². The van der Waals surface area contributed by atoms with E-state index >= 15 is 0 Å². The lowest BCUT2D eigenvalue weighted by atomic mass is 10.3. The number of nitrogens with zero attached hydrogens (tertiary/aromatic N) is 4. The summed E-state index contributed by atoms with van der Waals surface area (Å²) < 4.78 is 6.93. The van der Waals surface area contributed by atoms with Crippen LogP contribution in [0.1, 0.15) is 11.5 Å². The highest BCUT2D eigenvalue weighted by molar-refractivity contribution is 7.99. The van der Waals surface area contributed by atoms with E-state index in [1.54, 1.807) is 42.0 Å². The molecule has 2 aromatic heterocycles. The summed E-state index contributed by atoms with van der Waals surface area (Å²) in [5.74, 6) is 0.852. The maximum Gasteiger partial charge on any atom is 0.236 e. The summed E-state index contributed by atoms with van der Waals surface area (Å²) in [5, 5.41) is 16.8. The third-order valence-corrected chi connectivity index (χ3v) is 5.82. The monoisotopic (exact) mass is 458 g/mol. The van der Waals surface area contributed by atoms with Crippen molar-refractivity contribution in [1.29, 1.82) is 0 Å². The first-order valence-electron chi connectivity index (χ1n) is 9.30. The van der Waals surface area contributed by atoms with Gasteiger partial charge < -0.3 is 19.9 Å². The number of methoxy groups -OCH3 is 1. The predicted octanol–water partition coefficient (Wildman–Crippen LogP) is 3.15. The quantitative estimate of drug-likeness (QED) is 0.355. The van der Waals surface area contributed by atoms with Crippen LogP contribution in [0.5, 0.6) is 5.75 Å². The first kappa shape index (κ1) is 22.5. The largest absolute Gasteiger partial charge is 0.497 e. The van der Waals surface area contributed by atoms with E-state index in [2.05, 4.69) is 32.4 Å². The summed E-state index contributed by atoms with van der Waals surface area (Å²) in [6, 6.07) is 7.10. The lowest BCUT2D eigenvalue weighted by Crippen LogP contribution is -2.18. The smallest absolute Gasteiger partial charge is 0.236 e. The van der Waals surface area contributed by atoms with Gasteiger partial charge in [-0.3, -0.25) is 9.59 Å². The van der Waals surface area contributed by atoms with E-state index in [-0.39, 0.29) is 24.0 Å². The summed E-state index contributed by atoms with van der Waals surface area (Å²) in [4.78, 5) is 28.9. The first-order chi connectivity index (χ1) is 15.0. The number of allylic oxidation sites excluding steroid dienone is 1. The van der Waals surface area contributed by atoms with E-state index < -0.39 is 0 Å². The van der Waals surface area contributed by atoms with Gasteiger partial charge in [-0.15, -0.1) is 28.1 Å². The van der Waals surface area contributed by atoms with Gasteiger partial charge in [-0.1, -0.05) is 23.9 Å². The SMILES string of the molecule is C=CCn1c(CC(=O)Nc2cccc(OC)c2)nnc1SCC(=O)Nc1nc(C)cs1. The van der Waals surface area contributed by atoms with Crippen molar-refractivity contribution in [2.24, 2.45) is 0 Å². The van der Waals surface area contributed by atoms with Crippen LogP contribution in [0, 0.1) is 6.92 Å². The molecule has 0 aliphatic carbocycles. The minimum Gasteiger partial charge on any atom is -0.497 e. The molecule has 9 nitrogen and oxygen atoms in total. The number of thioether (sulfide) groups is 1. The number of carbonyl (C=O) groups excluding carboxylic acids is 2. The molecule has 0 aliphatic rings. The average molecular weight is 459 g/mol. The molecule has 11 heteroatoms. The van der Waals surface area contributed by atoms with Crippen LogP contribution in [0.15, 0.2) is 47.5 Å².